The van der Waals surface area contributed by atoms with Gasteiger partial charge in [-0.2, -0.15) is 0 Å². The van der Waals surface area contributed by atoms with Crippen molar-refractivity contribution in [2.45, 2.75) is 0 Å². The molecule has 0 aromatic rings. The van der Waals surface area contributed by atoms with Crippen LogP contribution in [0.1, 0.15) is 0 Å². The Morgan fingerprint density at radius 2 is 0.727 bits per heavy atom. The smallest absolute Gasteiger partial charge is 0.652 e. The molecule has 0 spiro atoms. The maximum Gasteiger partial charge on any atom is 2.00 e. The maximum absolute atomic E-state index is 8.33. The van der Waals surface area contributed by atoms with E-state index in [2.05, 4.69) is 0 Å². The van der Waals surface area contributed by atoms with E-state index < -0.39 is 12.3 Å². The predicted octanol–water partition coefficient (Wildman–Crippen LogP) is -10.9. The molecule has 0 radical (unpaired) electrons. The van der Waals surface area contributed by atoms with E-state index in [-0.39, 0.29) is 78.6 Å². The summed E-state index contributed by atoms with van der Waals surface area (Å²) in [5, 5.41) is 33.3. The molecule has 6 nitrogen and oxygen atoms in total. The van der Waals surface area contributed by atoms with Crippen LogP contribution in [0.4, 0.5) is 9.59 Å². The monoisotopic (exact) mass is 230 g/mol. The van der Waals surface area contributed by atoms with Gasteiger partial charge in [0.25, 0.3) is 0 Å². The van der Waals surface area contributed by atoms with Crippen molar-refractivity contribution in [3.05, 3.63) is 0 Å². The van der Waals surface area contributed by atoms with Gasteiger partial charge in [0.05, 0.1) is 0 Å². The molecule has 0 saturated heterocycles. The molecule has 0 rings (SSSR count). The minimum absolute atomic E-state index is 0. The van der Waals surface area contributed by atoms with Crippen LogP contribution in [0, 0.1) is 0 Å². The minimum atomic E-state index is -2.33. The third-order valence-electron chi connectivity index (χ3n) is 0. The zero-order valence-corrected chi connectivity index (χ0v) is 13.1. The van der Waals surface area contributed by atoms with E-state index in [1.807, 2.05) is 0 Å². The molecule has 11 heavy (non-hydrogen) atoms. The molecular weight excluding hydrogens is 231 g/mol. The first-order valence-electron chi connectivity index (χ1n) is 1.22. The molecule has 0 saturated carbocycles. The van der Waals surface area contributed by atoms with Crippen molar-refractivity contribution in [2.75, 3.05) is 0 Å². The SMILES string of the molecule is O=C([O-])[O-].O=C([O-])[O-].[Na+].[Na+].[Zn+2]. The van der Waals surface area contributed by atoms with Crippen LogP contribution >= 0.6 is 0 Å². The normalized spacial score (nSPS) is 4.36. The van der Waals surface area contributed by atoms with Crippen LogP contribution in [0.25, 0.3) is 0 Å². The van der Waals surface area contributed by atoms with E-state index in [1.54, 1.807) is 0 Å². The van der Waals surface area contributed by atoms with Crippen molar-refractivity contribution < 1.29 is 109 Å². The summed E-state index contributed by atoms with van der Waals surface area (Å²) >= 11 is 0. The van der Waals surface area contributed by atoms with Gasteiger partial charge in [0.1, 0.15) is 0 Å². The first-order valence-corrected chi connectivity index (χ1v) is 1.22. The topological polar surface area (TPSA) is 126 Å². The first-order chi connectivity index (χ1) is 3.46. The molecule has 0 bridgehead atoms. The Hall–Kier alpha value is 1.16. The molecular formula is C2Na2O6Zn. The van der Waals surface area contributed by atoms with Crippen LogP contribution in [0.5, 0.6) is 0 Å². The maximum atomic E-state index is 8.33. The average Bonchev–Trinajstić information content (AvgIpc) is 1.25. The fraction of sp³-hybridized carbons (Fsp3) is 0. The molecule has 0 aliphatic heterocycles. The minimum Gasteiger partial charge on any atom is -0.652 e. The number of carboxylic acid groups (broad SMARTS) is 4. The Bertz CT molecular complexity index is 76.6. The fourth-order valence-corrected chi connectivity index (χ4v) is 0. The first kappa shape index (κ1) is 29.5. The number of hydrogen-bond acceptors (Lipinski definition) is 6. The molecule has 0 aliphatic carbocycles. The molecule has 0 aromatic carbocycles. The third-order valence-corrected chi connectivity index (χ3v) is 0. The molecule has 0 heterocycles. The van der Waals surface area contributed by atoms with Gasteiger partial charge in [-0.25, -0.2) is 0 Å². The average molecular weight is 231 g/mol. The summed E-state index contributed by atoms with van der Waals surface area (Å²) in [6.07, 6.45) is -4.67. The van der Waals surface area contributed by atoms with Crippen molar-refractivity contribution in [3.8, 4) is 0 Å². The van der Waals surface area contributed by atoms with Gasteiger partial charge in [0.15, 0.2) is 0 Å². The van der Waals surface area contributed by atoms with Crippen LogP contribution in [0.2, 0.25) is 0 Å². The van der Waals surface area contributed by atoms with E-state index >= 15 is 0 Å². The predicted molar refractivity (Wildman–Crippen MR) is 10.8 cm³/mol. The van der Waals surface area contributed by atoms with Gasteiger partial charge in [-0.05, 0) is 12.3 Å². The fourth-order valence-electron chi connectivity index (χ4n) is 0. The van der Waals surface area contributed by atoms with Crippen molar-refractivity contribution in [3.63, 3.8) is 0 Å². The quantitative estimate of drug-likeness (QED) is 0.381. The van der Waals surface area contributed by atoms with Gasteiger partial charge in [-0.1, -0.05) is 0 Å². The zero-order chi connectivity index (χ0) is 7.15. The van der Waals surface area contributed by atoms with E-state index in [1.165, 1.54) is 0 Å². The van der Waals surface area contributed by atoms with Gasteiger partial charge >= 0.3 is 78.6 Å². The molecule has 0 amide bonds. The second kappa shape index (κ2) is 22.5. The number of carbonyl (C=O) groups is 2. The van der Waals surface area contributed by atoms with E-state index in [4.69, 9.17) is 30.0 Å². The Kier molecular flexibility index (Phi) is 60.3. The van der Waals surface area contributed by atoms with Gasteiger partial charge in [0, 0.05) is 0 Å². The van der Waals surface area contributed by atoms with E-state index in [0.29, 0.717) is 0 Å². The second-order valence-corrected chi connectivity index (χ2v) is 0.500. The summed E-state index contributed by atoms with van der Waals surface area (Å²) in [6.45, 7) is 0. The van der Waals surface area contributed by atoms with E-state index in [9.17, 15) is 0 Å². The van der Waals surface area contributed by atoms with Gasteiger partial charge in [-0.3, -0.25) is 0 Å². The summed E-state index contributed by atoms with van der Waals surface area (Å²) in [4.78, 5) is 16.7. The molecule has 48 valence electrons. The molecule has 0 aliphatic rings. The molecule has 0 unspecified atom stereocenters. The largest absolute Gasteiger partial charge is 2.00 e. The van der Waals surface area contributed by atoms with Crippen molar-refractivity contribution >= 4 is 12.3 Å². The van der Waals surface area contributed by atoms with Crippen LogP contribution in [0.3, 0.4) is 0 Å². The standard InChI is InChI=1S/2CH2O3.2Na.Zn/c2*2-1(3)4;;;/h2*(H2,2,3,4);;;/q;;2*+1;+2/p-4. The van der Waals surface area contributed by atoms with Crippen LogP contribution < -0.4 is 79.5 Å². The van der Waals surface area contributed by atoms with Crippen molar-refractivity contribution in [1.82, 2.24) is 0 Å². The number of carbonyl (C=O) groups excluding carboxylic acids is 2. The third kappa shape index (κ3) is 693. The zero-order valence-electron chi connectivity index (χ0n) is 6.16. The number of rotatable bonds is 0. The molecule has 0 N–H and O–H groups in total. The molecule has 0 aromatic heterocycles. The second-order valence-electron chi connectivity index (χ2n) is 0.500. The Balaban J connectivity index is -0.0000000171. The summed E-state index contributed by atoms with van der Waals surface area (Å²) in [7, 11) is 0. The summed E-state index contributed by atoms with van der Waals surface area (Å²) < 4.78 is 0. The van der Waals surface area contributed by atoms with Gasteiger partial charge in [0.2, 0.25) is 0 Å². The Morgan fingerprint density at radius 1 is 0.727 bits per heavy atom. The Labute approximate surface area is 119 Å². The molecule has 9 heteroatoms. The summed E-state index contributed by atoms with van der Waals surface area (Å²) in [6, 6.07) is 0. The Morgan fingerprint density at radius 3 is 0.727 bits per heavy atom. The van der Waals surface area contributed by atoms with Crippen LogP contribution in [-0.4, -0.2) is 12.3 Å². The summed E-state index contributed by atoms with van der Waals surface area (Å²) in [5.41, 5.74) is 0. The van der Waals surface area contributed by atoms with Crippen molar-refractivity contribution in [1.29, 1.82) is 0 Å². The number of hydrogen-bond donors (Lipinski definition) is 0. The summed E-state index contributed by atoms with van der Waals surface area (Å²) in [5.74, 6) is 0. The van der Waals surface area contributed by atoms with Crippen LogP contribution in [0.15, 0.2) is 0 Å². The van der Waals surface area contributed by atoms with Gasteiger partial charge < -0.3 is 30.0 Å². The molecule has 0 fully saturated rings. The van der Waals surface area contributed by atoms with Crippen LogP contribution in [-0.2, 0) is 19.5 Å². The van der Waals surface area contributed by atoms with Gasteiger partial charge in [-0.15, -0.1) is 0 Å². The molecule has 0 atom stereocenters. The van der Waals surface area contributed by atoms with Crippen molar-refractivity contribution in [2.24, 2.45) is 0 Å². The van der Waals surface area contributed by atoms with E-state index in [0.717, 1.165) is 0 Å².